The normalized spacial score (nSPS) is 10.8. The molecule has 1 aromatic heterocycles. The predicted molar refractivity (Wildman–Crippen MR) is 72.9 cm³/mol. The van der Waals surface area contributed by atoms with Gasteiger partial charge in [-0.25, -0.2) is 4.98 Å². The number of hydrogen-bond donors (Lipinski definition) is 1. The summed E-state index contributed by atoms with van der Waals surface area (Å²) in [7, 11) is 0. The summed E-state index contributed by atoms with van der Waals surface area (Å²) in [4.78, 5) is 4.12. The van der Waals surface area contributed by atoms with Crippen LogP contribution in [0.5, 0.6) is 5.75 Å². The van der Waals surface area contributed by atoms with Crippen molar-refractivity contribution in [1.29, 1.82) is 0 Å². The van der Waals surface area contributed by atoms with Gasteiger partial charge < -0.3 is 14.6 Å². The summed E-state index contributed by atoms with van der Waals surface area (Å²) in [5, 5.41) is 3.22. The van der Waals surface area contributed by atoms with Crippen LogP contribution in [0.25, 0.3) is 0 Å². The largest absolute Gasteiger partial charge is 0.435 e. The smallest absolute Gasteiger partial charge is 0.387 e. The third-order valence-corrected chi connectivity index (χ3v) is 2.82. The van der Waals surface area contributed by atoms with Gasteiger partial charge in [0.25, 0.3) is 0 Å². The molecule has 6 heteroatoms. The van der Waals surface area contributed by atoms with Gasteiger partial charge in [-0.2, -0.15) is 8.78 Å². The first-order valence-electron chi connectivity index (χ1n) is 6.46. The standard InChI is InChI=1S/C14H17F2N3O/c1-2-7-19-10-17-8-12(19)9-18-11-3-5-13(6-4-11)20-14(15)16/h3-6,8,10,14,18H,2,7,9H2,1H3. The molecule has 1 aromatic carbocycles. The van der Waals surface area contributed by atoms with Crippen LogP contribution in [0, 0.1) is 0 Å². The van der Waals surface area contributed by atoms with Crippen molar-refractivity contribution in [2.75, 3.05) is 5.32 Å². The number of aryl methyl sites for hydroxylation is 1. The maximum absolute atomic E-state index is 12.0. The number of nitrogens with zero attached hydrogens (tertiary/aromatic N) is 2. The number of alkyl halides is 2. The first-order chi connectivity index (χ1) is 9.69. The summed E-state index contributed by atoms with van der Waals surface area (Å²) < 4.78 is 30.4. The minimum atomic E-state index is -2.79. The highest BCUT2D eigenvalue weighted by atomic mass is 19.3. The van der Waals surface area contributed by atoms with Crippen molar-refractivity contribution in [3.05, 3.63) is 42.5 Å². The Morgan fingerprint density at radius 1 is 1.30 bits per heavy atom. The van der Waals surface area contributed by atoms with E-state index in [0.29, 0.717) is 6.54 Å². The number of benzene rings is 1. The second-order valence-corrected chi connectivity index (χ2v) is 4.33. The first-order valence-corrected chi connectivity index (χ1v) is 6.46. The van der Waals surface area contributed by atoms with Crippen LogP contribution in [0.15, 0.2) is 36.8 Å². The average molecular weight is 281 g/mol. The van der Waals surface area contributed by atoms with Gasteiger partial charge in [0.15, 0.2) is 0 Å². The van der Waals surface area contributed by atoms with E-state index in [9.17, 15) is 8.78 Å². The molecule has 0 aliphatic carbocycles. The molecular weight excluding hydrogens is 264 g/mol. The molecule has 4 nitrogen and oxygen atoms in total. The van der Waals surface area contributed by atoms with E-state index in [1.165, 1.54) is 12.1 Å². The van der Waals surface area contributed by atoms with Gasteiger partial charge in [-0.3, -0.25) is 0 Å². The van der Waals surface area contributed by atoms with Crippen molar-refractivity contribution < 1.29 is 13.5 Å². The molecule has 1 N–H and O–H groups in total. The van der Waals surface area contributed by atoms with Crippen LogP contribution < -0.4 is 10.1 Å². The number of hydrogen-bond acceptors (Lipinski definition) is 3. The zero-order chi connectivity index (χ0) is 14.4. The van der Waals surface area contributed by atoms with Crippen LogP contribution >= 0.6 is 0 Å². The van der Waals surface area contributed by atoms with Crippen LogP contribution in [-0.4, -0.2) is 16.2 Å². The Morgan fingerprint density at radius 2 is 2.05 bits per heavy atom. The Morgan fingerprint density at radius 3 is 2.70 bits per heavy atom. The van der Waals surface area contributed by atoms with Crippen LogP contribution in [0.3, 0.4) is 0 Å². The first kappa shape index (κ1) is 14.3. The lowest BCUT2D eigenvalue weighted by Crippen LogP contribution is -2.07. The van der Waals surface area contributed by atoms with Gasteiger partial charge in [0, 0.05) is 18.4 Å². The van der Waals surface area contributed by atoms with Crippen molar-refractivity contribution in [2.45, 2.75) is 33.0 Å². The summed E-state index contributed by atoms with van der Waals surface area (Å²) in [6.07, 6.45) is 4.67. The van der Waals surface area contributed by atoms with Gasteiger partial charge >= 0.3 is 6.61 Å². The zero-order valence-corrected chi connectivity index (χ0v) is 11.2. The molecule has 0 unspecified atom stereocenters. The third kappa shape index (κ3) is 3.94. The van der Waals surface area contributed by atoms with E-state index in [1.54, 1.807) is 18.5 Å². The lowest BCUT2D eigenvalue weighted by molar-refractivity contribution is -0.0498. The van der Waals surface area contributed by atoms with Gasteiger partial charge in [-0.1, -0.05) is 6.92 Å². The molecule has 20 heavy (non-hydrogen) atoms. The SMILES string of the molecule is CCCn1cncc1CNc1ccc(OC(F)F)cc1. The Kier molecular flexibility index (Phi) is 4.92. The monoisotopic (exact) mass is 281 g/mol. The van der Waals surface area contributed by atoms with Crippen LogP contribution in [-0.2, 0) is 13.1 Å². The molecule has 0 aliphatic heterocycles. The lowest BCUT2D eigenvalue weighted by Gasteiger charge is -2.10. The molecule has 0 atom stereocenters. The number of aromatic nitrogens is 2. The predicted octanol–water partition coefficient (Wildman–Crippen LogP) is 3.51. The van der Waals surface area contributed by atoms with Crippen LogP contribution in [0.2, 0.25) is 0 Å². The highest BCUT2D eigenvalue weighted by Crippen LogP contribution is 2.18. The molecule has 0 amide bonds. The maximum Gasteiger partial charge on any atom is 0.387 e. The number of imidazole rings is 1. The third-order valence-electron chi connectivity index (χ3n) is 2.82. The fraction of sp³-hybridized carbons (Fsp3) is 0.357. The Hall–Kier alpha value is -2.11. The maximum atomic E-state index is 12.0. The molecule has 0 aliphatic rings. The van der Waals surface area contributed by atoms with E-state index in [4.69, 9.17) is 0 Å². The summed E-state index contributed by atoms with van der Waals surface area (Å²) in [5.74, 6) is 0.154. The Bertz CT molecular complexity index is 525. The topological polar surface area (TPSA) is 39.1 Å². The molecule has 2 rings (SSSR count). The highest BCUT2D eigenvalue weighted by molar-refractivity contribution is 5.46. The van der Waals surface area contributed by atoms with Crippen LogP contribution in [0.4, 0.5) is 14.5 Å². The summed E-state index contributed by atoms with van der Waals surface area (Å²) in [6.45, 7) is 0.879. The molecule has 0 radical (unpaired) electrons. The molecule has 0 bridgehead atoms. The molecule has 0 spiro atoms. The van der Waals surface area contributed by atoms with Gasteiger partial charge in [-0.05, 0) is 30.7 Å². The number of anilines is 1. The molecular formula is C14H17F2N3O. The van der Waals surface area contributed by atoms with Crippen molar-refractivity contribution in [1.82, 2.24) is 9.55 Å². The van der Waals surface area contributed by atoms with E-state index in [1.807, 2.05) is 6.20 Å². The van der Waals surface area contributed by atoms with E-state index in [0.717, 1.165) is 24.3 Å². The van der Waals surface area contributed by atoms with Gasteiger partial charge in [0.05, 0.1) is 18.6 Å². The average Bonchev–Trinajstić information content (AvgIpc) is 2.85. The van der Waals surface area contributed by atoms with Crippen molar-refractivity contribution in [3.63, 3.8) is 0 Å². The quantitative estimate of drug-likeness (QED) is 0.844. The van der Waals surface area contributed by atoms with Gasteiger partial charge in [0.1, 0.15) is 5.75 Å². The van der Waals surface area contributed by atoms with E-state index < -0.39 is 6.61 Å². The number of rotatable bonds is 7. The summed E-state index contributed by atoms with van der Waals surface area (Å²) in [6, 6.07) is 6.44. The zero-order valence-electron chi connectivity index (χ0n) is 11.2. The Balaban J connectivity index is 1.92. The van der Waals surface area contributed by atoms with E-state index >= 15 is 0 Å². The molecule has 108 valence electrons. The minimum Gasteiger partial charge on any atom is -0.435 e. The number of nitrogens with one attached hydrogen (secondary N) is 1. The molecule has 0 saturated heterocycles. The molecule has 0 fully saturated rings. The van der Waals surface area contributed by atoms with E-state index in [2.05, 4.69) is 26.5 Å². The summed E-state index contributed by atoms with van der Waals surface area (Å²) >= 11 is 0. The Labute approximate surface area is 116 Å². The molecule has 0 saturated carbocycles. The second-order valence-electron chi connectivity index (χ2n) is 4.33. The number of halogens is 2. The molecule has 1 heterocycles. The van der Waals surface area contributed by atoms with Gasteiger partial charge in [-0.15, -0.1) is 0 Å². The van der Waals surface area contributed by atoms with Gasteiger partial charge in [0.2, 0.25) is 0 Å². The highest BCUT2D eigenvalue weighted by Gasteiger charge is 2.04. The minimum absolute atomic E-state index is 0.154. The van der Waals surface area contributed by atoms with E-state index in [-0.39, 0.29) is 5.75 Å². The lowest BCUT2D eigenvalue weighted by atomic mass is 10.3. The fourth-order valence-corrected chi connectivity index (χ4v) is 1.88. The second kappa shape index (κ2) is 6.88. The van der Waals surface area contributed by atoms with Crippen molar-refractivity contribution in [3.8, 4) is 5.75 Å². The fourth-order valence-electron chi connectivity index (χ4n) is 1.88. The number of ether oxygens (including phenoxy) is 1. The van der Waals surface area contributed by atoms with Crippen molar-refractivity contribution in [2.24, 2.45) is 0 Å². The van der Waals surface area contributed by atoms with Crippen molar-refractivity contribution >= 4 is 5.69 Å². The molecule has 2 aromatic rings. The summed E-state index contributed by atoms with van der Waals surface area (Å²) in [5.41, 5.74) is 1.93. The van der Waals surface area contributed by atoms with Crippen LogP contribution in [0.1, 0.15) is 19.0 Å².